The summed E-state index contributed by atoms with van der Waals surface area (Å²) in [6.07, 6.45) is 1.72. The number of hydrogen-bond acceptors (Lipinski definition) is 7. The lowest BCUT2D eigenvalue weighted by Crippen LogP contribution is -2.49. The maximum atomic E-state index is 13.7. The van der Waals surface area contributed by atoms with Gasteiger partial charge in [0.15, 0.2) is 5.82 Å². The summed E-state index contributed by atoms with van der Waals surface area (Å²) in [6.45, 7) is 4.86. The first-order chi connectivity index (χ1) is 14.1. The predicted octanol–water partition coefficient (Wildman–Crippen LogP) is 2.34. The number of para-hydroxylation sites is 1. The normalized spacial score (nSPS) is 14.8. The Morgan fingerprint density at radius 1 is 1.21 bits per heavy atom. The summed E-state index contributed by atoms with van der Waals surface area (Å²) in [5.41, 5.74) is 1.02. The van der Waals surface area contributed by atoms with E-state index in [-0.39, 0.29) is 18.1 Å². The molecule has 1 amide bonds. The van der Waals surface area contributed by atoms with Crippen LogP contribution in [0.5, 0.6) is 0 Å². The summed E-state index contributed by atoms with van der Waals surface area (Å²) >= 11 is 0. The van der Waals surface area contributed by atoms with Crippen molar-refractivity contribution in [2.24, 2.45) is 0 Å². The molecule has 0 bridgehead atoms. The van der Waals surface area contributed by atoms with Crippen LogP contribution in [-0.4, -0.2) is 58.7 Å². The van der Waals surface area contributed by atoms with Crippen LogP contribution in [0.2, 0.25) is 0 Å². The van der Waals surface area contributed by atoms with Crippen LogP contribution < -0.4 is 10.2 Å². The van der Waals surface area contributed by atoms with Gasteiger partial charge < -0.3 is 14.7 Å². The van der Waals surface area contributed by atoms with Gasteiger partial charge >= 0.3 is 0 Å². The Labute approximate surface area is 167 Å². The van der Waals surface area contributed by atoms with E-state index < -0.39 is 5.82 Å². The quantitative estimate of drug-likeness (QED) is 0.708. The van der Waals surface area contributed by atoms with Gasteiger partial charge in [-0.15, -0.1) is 0 Å². The Balaban J connectivity index is 1.33. The van der Waals surface area contributed by atoms with Gasteiger partial charge in [-0.25, -0.2) is 9.37 Å². The summed E-state index contributed by atoms with van der Waals surface area (Å²) in [4.78, 5) is 25.1. The van der Waals surface area contributed by atoms with E-state index in [2.05, 4.69) is 25.3 Å². The molecule has 3 aromatic rings. The number of carbonyl (C=O) groups is 1. The van der Waals surface area contributed by atoms with Crippen molar-refractivity contribution in [1.29, 1.82) is 0 Å². The van der Waals surface area contributed by atoms with E-state index in [9.17, 15) is 9.18 Å². The Kier molecular flexibility index (Phi) is 5.48. The Bertz CT molecular complexity index is 1000. The topological polar surface area (TPSA) is 87.4 Å². The smallest absolute Gasteiger partial charge is 0.258 e. The minimum atomic E-state index is -0.437. The maximum Gasteiger partial charge on any atom is 0.258 e. The van der Waals surface area contributed by atoms with Crippen molar-refractivity contribution in [2.45, 2.75) is 6.92 Å². The first-order valence-electron chi connectivity index (χ1n) is 9.37. The second kappa shape index (κ2) is 8.36. The minimum absolute atomic E-state index is 0.202. The van der Waals surface area contributed by atoms with Crippen molar-refractivity contribution in [1.82, 2.24) is 20.0 Å². The minimum Gasteiger partial charge on any atom is -0.354 e. The van der Waals surface area contributed by atoms with Gasteiger partial charge in [0.1, 0.15) is 11.6 Å². The molecule has 1 fully saturated rings. The number of benzene rings is 1. The highest BCUT2D eigenvalue weighted by molar-refractivity contribution is 5.92. The van der Waals surface area contributed by atoms with Crippen molar-refractivity contribution in [3.63, 3.8) is 0 Å². The molecule has 0 aliphatic carbocycles. The SMILES string of the molecule is Cc1noc(-c2ccnc(N3CCN(CC(=O)Nc4ccccc4F)CC3)c2)n1. The predicted molar refractivity (Wildman–Crippen MR) is 106 cm³/mol. The molecule has 0 saturated carbocycles. The van der Waals surface area contributed by atoms with Gasteiger partial charge in [0, 0.05) is 37.9 Å². The molecule has 0 atom stereocenters. The zero-order valence-corrected chi connectivity index (χ0v) is 16.0. The van der Waals surface area contributed by atoms with E-state index in [0.717, 1.165) is 24.5 Å². The van der Waals surface area contributed by atoms with Crippen LogP contribution in [0.3, 0.4) is 0 Å². The van der Waals surface area contributed by atoms with Gasteiger partial charge in [0.2, 0.25) is 5.91 Å². The van der Waals surface area contributed by atoms with E-state index in [1.807, 2.05) is 17.0 Å². The van der Waals surface area contributed by atoms with E-state index in [1.165, 1.54) is 6.07 Å². The summed E-state index contributed by atoms with van der Waals surface area (Å²) in [6, 6.07) is 9.91. The Morgan fingerprint density at radius 3 is 2.72 bits per heavy atom. The highest BCUT2D eigenvalue weighted by Gasteiger charge is 2.21. The lowest BCUT2D eigenvalue weighted by atomic mass is 10.2. The standard InChI is InChI=1S/C20H21FN6O2/c1-14-23-20(29-25-14)15-6-7-22-18(12-15)27-10-8-26(9-11-27)13-19(28)24-17-5-3-2-4-16(17)21/h2-7,12H,8-11,13H2,1H3,(H,24,28). The zero-order valence-electron chi connectivity index (χ0n) is 16.0. The molecule has 1 saturated heterocycles. The number of nitrogens with zero attached hydrogens (tertiary/aromatic N) is 5. The molecule has 3 heterocycles. The van der Waals surface area contributed by atoms with Crippen molar-refractivity contribution < 1.29 is 13.7 Å². The first kappa shape index (κ1) is 19.0. The van der Waals surface area contributed by atoms with Gasteiger partial charge in [-0.2, -0.15) is 4.98 Å². The van der Waals surface area contributed by atoms with E-state index in [4.69, 9.17) is 4.52 Å². The molecule has 4 rings (SSSR count). The number of carbonyl (C=O) groups excluding carboxylic acids is 1. The van der Waals surface area contributed by atoms with Crippen LogP contribution in [0.25, 0.3) is 11.5 Å². The third kappa shape index (κ3) is 4.57. The van der Waals surface area contributed by atoms with Crippen LogP contribution in [0.1, 0.15) is 5.82 Å². The molecule has 1 aliphatic rings. The summed E-state index contributed by atoms with van der Waals surface area (Å²) in [7, 11) is 0. The van der Waals surface area contributed by atoms with Crippen LogP contribution in [0.15, 0.2) is 47.1 Å². The summed E-state index contributed by atoms with van der Waals surface area (Å²) in [5.74, 6) is 1.22. The number of piperazine rings is 1. The average Bonchev–Trinajstić information content (AvgIpc) is 3.17. The van der Waals surface area contributed by atoms with Crippen molar-refractivity contribution in [3.05, 3.63) is 54.2 Å². The molecule has 2 aromatic heterocycles. The number of rotatable bonds is 5. The molecule has 1 aliphatic heterocycles. The van der Waals surface area contributed by atoms with E-state index in [0.29, 0.717) is 24.8 Å². The van der Waals surface area contributed by atoms with Crippen molar-refractivity contribution in [2.75, 3.05) is 42.9 Å². The van der Waals surface area contributed by atoms with E-state index in [1.54, 1.807) is 31.3 Å². The van der Waals surface area contributed by atoms with Crippen LogP contribution in [-0.2, 0) is 4.79 Å². The largest absolute Gasteiger partial charge is 0.354 e. The third-order valence-electron chi connectivity index (χ3n) is 4.73. The van der Waals surface area contributed by atoms with Crippen molar-refractivity contribution in [3.8, 4) is 11.5 Å². The van der Waals surface area contributed by atoms with Gasteiger partial charge in [-0.3, -0.25) is 9.69 Å². The number of aromatic nitrogens is 3. The lowest BCUT2D eigenvalue weighted by molar-refractivity contribution is -0.117. The lowest BCUT2D eigenvalue weighted by Gasteiger charge is -2.35. The number of halogens is 1. The van der Waals surface area contributed by atoms with Gasteiger partial charge in [0.05, 0.1) is 12.2 Å². The summed E-state index contributed by atoms with van der Waals surface area (Å²) in [5, 5.41) is 6.44. The molecular formula is C20H21FN6O2. The van der Waals surface area contributed by atoms with Crippen LogP contribution >= 0.6 is 0 Å². The highest BCUT2D eigenvalue weighted by Crippen LogP contribution is 2.22. The Hall–Kier alpha value is -3.33. The Morgan fingerprint density at radius 2 is 2.00 bits per heavy atom. The molecule has 29 heavy (non-hydrogen) atoms. The third-order valence-corrected chi connectivity index (χ3v) is 4.73. The maximum absolute atomic E-state index is 13.7. The summed E-state index contributed by atoms with van der Waals surface area (Å²) < 4.78 is 18.9. The zero-order chi connectivity index (χ0) is 20.2. The molecular weight excluding hydrogens is 375 g/mol. The fourth-order valence-corrected chi connectivity index (χ4v) is 3.23. The molecule has 150 valence electrons. The van der Waals surface area contributed by atoms with Gasteiger partial charge in [0.25, 0.3) is 5.89 Å². The fourth-order valence-electron chi connectivity index (χ4n) is 3.23. The first-order valence-corrected chi connectivity index (χ1v) is 9.37. The number of nitrogens with one attached hydrogen (secondary N) is 1. The molecule has 1 aromatic carbocycles. The molecule has 0 radical (unpaired) electrons. The number of pyridine rings is 1. The second-order valence-corrected chi connectivity index (χ2v) is 6.84. The second-order valence-electron chi connectivity index (χ2n) is 6.84. The van der Waals surface area contributed by atoms with Gasteiger partial charge in [-0.1, -0.05) is 17.3 Å². The molecule has 9 heteroatoms. The number of aryl methyl sites for hydroxylation is 1. The molecule has 1 N–H and O–H groups in total. The molecule has 8 nitrogen and oxygen atoms in total. The molecule has 0 unspecified atom stereocenters. The fraction of sp³-hybridized carbons (Fsp3) is 0.300. The van der Waals surface area contributed by atoms with Gasteiger partial charge in [-0.05, 0) is 31.2 Å². The monoisotopic (exact) mass is 396 g/mol. The highest BCUT2D eigenvalue weighted by atomic mass is 19.1. The van der Waals surface area contributed by atoms with E-state index >= 15 is 0 Å². The molecule has 0 spiro atoms. The number of hydrogen-bond donors (Lipinski definition) is 1. The number of amides is 1. The van der Waals surface area contributed by atoms with Crippen molar-refractivity contribution >= 4 is 17.4 Å². The number of anilines is 2. The van der Waals surface area contributed by atoms with Crippen LogP contribution in [0.4, 0.5) is 15.9 Å². The average molecular weight is 396 g/mol. The van der Waals surface area contributed by atoms with Crippen LogP contribution in [0, 0.1) is 12.7 Å².